The Morgan fingerprint density at radius 2 is 1.88 bits per heavy atom. The lowest BCUT2D eigenvalue weighted by molar-refractivity contribution is 0.0923. The second-order valence-electron chi connectivity index (χ2n) is 8.05. The van der Waals surface area contributed by atoms with Crippen molar-refractivity contribution in [3.05, 3.63) is 81.5 Å². The van der Waals surface area contributed by atoms with Crippen molar-refractivity contribution >= 4 is 5.91 Å². The SMILES string of the molecule is Cc1cc(=O)c(C(=O)NC(c2ccc3c(c2)OCCO3)C2CC2)nn1-c1ccccc1F. The molecule has 2 aromatic carbocycles. The van der Waals surface area contributed by atoms with Crippen LogP contribution < -0.4 is 20.2 Å². The van der Waals surface area contributed by atoms with E-state index in [2.05, 4.69) is 10.4 Å². The largest absolute Gasteiger partial charge is 0.486 e. The standard InChI is InChI=1S/C24H22FN3O4/c1-14-12-19(29)23(27-28(14)18-5-3-2-4-17(18)25)24(30)26-22(15-6-7-15)16-8-9-20-21(13-16)32-11-10-31-20/h2-5,8-9,12-13,15,22H,6-7,10-11H2,1H3,(H,26,30). The van der Waals surface area contributed by atoms with Crippen LogP contribution >= 0.6 is 0 Å². The van der Waals surface area contributed by atoms with Crippen LogP contribution in [0.4, 0.5) is 4.39 Å². The van der Waals surface area contributed by atoms with Crippen molar-refractivity contribution in [2.24, 2.45) is 5.92 Å². The molecule has 1 aliphatic carbocycles. The minimum Gasteiger partial charge on any atom is -0.486 e. The molecule has 0 saturated heterocycles. The molecule has 1 unspecified atom stereocenters. The minimum atomic E-state index is -0.591. The van der Waals surface area contributed by atoms with E-state index < -0.39 is 17.2 Å². The maximum Gasteiger partial charge on any atom is 0.276 e. The molecule has 32 heavy (non-hydrogen) atoms. The zero-order valence-corrected chi connectivity index (χ0v) is 17.5. The zero-order valence-electron chi connectivity index (χ0n) is 17.5. The van der Waals surface area contributed by atoms with Gasteiger partial charge in [-0.3, -0.25) is 9.59 Å². The molecule has 1 N–H and O–H groups in total. The molecule has 1 saturated carbocycles. The Hall–Kier alpha value is -3.68. The first kappa shape index (κ1) is 20.2. The fourth-order valence-corrected chi connectivity index (χ4v) is 3.94. The molecule has 0 bridgehead atoms. The fourth-order valence-electron chi connectivity index (χ4n) is 3.94. The lowest BCUT2D eigenvalue weighted by Crippen LogP contribution is -2.35. The number of amides is 1. The van der Waals surface area contributed by atoms with Gasteiger partial charge in [0.2, 0.25) is 5.43 Å². The highest BCUT2D eigenvalue weighted by Crippen LogP contribution is 2.43. The normalized spacial score (nSPS) is 15.8. The third kappa shape index (κ3) is 3.84. The van der Waals surface area contributed by atoms with Gasteiger partial charge >= 0.3 is 0 Å². The van der Waals surface area contributed by atoms with Gasteiger partial charge in [0.1, 0.15) is 24.7 Å². The van der Waals surface area contributed by atoms with E-state index >= 15 is 0 Å². The first-order chi connectivity index (χ1) is 15.5. The number of carbonyl (C=O) groups is 1. The highest BCUT2D eigenvalue weighted by atomic mass is 19.1. The third-order valence-corrected chi connectivity index (χ3v) is 5.71. The van der Waals surface area contributed by atoms with Gasteiger partial charge in [-0.25, -0.2) is 9.07 Å². The van der Waals surface area contributed by atoms with E-state index in [1.807, 2.05) is 18.2 Å². The number of hydrogen-bond acceptors (Lipinski definition) is 5. The lowest BCUT2D eigenvalue weighted by atomic mass is 10.0. The summed E-state index contributed by atoms with van der Waals surface area (Å²) in [7, 11) is 0. The number of nitrogens with zero attached hydrogens (tertiary/aromatic N) is 2. The average molecular weight is 435 g/mol. The maximum absolute atomic E-state index is 14.3. The van der Waals surface area contributed by atoms with Gasteiger partial charge in [-0.15, -0.1) is 0 Å². The summed E-state index contributed by atoms with van der Waals surface area (Å²) in [4.78, 5) is 25.7. The Morgan fingerprint density at radius 3 is 2.62 bits per heavy atom. The van der Waals surface area contributed by atoms with Crippen LogP contribution in [0.3, 0.4) is 0 Å². The molecule has 0 radical (unpaired) electrons. The topological polar surface area (TPSA) is 82.5 Å². The number of para-hydroxylation sites is 1. The molecule has 1 fully saturated rings. The van der Waals surface area contributed by atoms with Crippen LogP contribution in [0.15, 0.2) is 53.3 Å². The Bertz CT molecular complexity index is 1250. The van der Waals surface area contributed by atoms with Crippen molar-refractivity contribution in [1.82, 2.24) is 15.1 Å². The monoisotopic (exact) mass is 435 g/mol. The Labute approximate surface area is 183 Å². The summed E-state index contributed by atoms with van der Waals surface area (Å²) in [6, 6.07) is 12.7. The van der Waals surface area contributed by atoms with Gasteiger partial charge in [-0.05, 0) is 55.5 Å². The smallest absolute Gasteiger partial charge is 0.276 e. The fraction of sp³-hybridized carbons (Fsp3) is 0.292. The molecule has 2 aliphatic rings. The summed E-state index contributed by atoms with van der Waals surface area (Å²) in [6.45, 7) is 2.62. The summed E-state index contributed by atoms with van der Waals surface area (Å²) in [5.74, 6) is 0.496. The molecule has 2 heterocycles. The number of aryl methyl sites for hydroxylation is 1. The first-order valence-corrected chi connectivity index (χ1v) is 10.6. The number of rotatable bonds is 5. The molecule has 1 aromatic heterocycles. The summed E-state index contributed by atoms with van der Waals surface area (Å²) in [6.07, 6.45) is 1.94. The zero-order chi connectivity index (χ0) is 22.2. The van der Waals surface area contributed by atoms with E-state index in [0.29, 0.717) is 30.4 Å². The van der Waals surface area contributed by atoms with E-state index in [1.165, 1.54) is 16.8 Å². The van der Waals surface area contributed by atoms with E-state index in [1.54, 1.807) is 25.1 Å². The van der Waals surface area contributed by atoms with Gasteiger partial charge in [0.25, 0.3) is 5.91 Å². The number of ether oxygens (including phenoxy) is 2. The first-order valence-electron chi connectivity index (χ1n) is 10.6. The quantitative estimate of drug-likeness (QED) is 0.665. The number of aromatic nitrogens is 2. The van der Waals surface area contributed by atoms with Crippen LogP contribution in [-0.2, 0) is 0 Å². The van der Waals surface area contributed by atoms with Gasteiger partial charge in [0, 0.05) is 11.8 Å². The molecule has 8 heteroatoms. The van der Waals surface area contributed by atoms with Crippen molar-refractivity contribution < 1.29 is 18.7 Å². The van der Waals surface area contributed by atoms with Crippen molar-refractivity contribution in [2.75, 3.05) is 13.2 Å². The Morgan fingerprint density at radius 1 is 1.12 bits per heavy atom. The second-order valence-corrected chi connectivity index (χ2v) is 8.05. The van der Waals surface area contributed by atoms with Crippen LogP contribution in [0.5, 0.6) is 11.5 Å². The molecule has 3 aromatic rings. The van der Waals surface area contributed by atoms with E-state index in [0.717, 1.165) is 18.4 Å². The number of fused-ring (bicyclic) bond motifs is 1. The van der Waals surface area contributed by atoms with Crippen molar-refractivity contribution in [3.8, 4) is 17.2 Å². The third-order valence-electron chi connectivity index (χ3n) is 5.71. The molecule has 1 aliphatic heterocycles. The molecule has 1 amide bonds. The van der Waals surface area contributed by atoms with Gasteiger partial charge in [-0.2, -0.15) is 5.10 Å². The second kappa shape index (κ2) is 8.11. The number of carbonyl (C=O) groups excluding carboxylic acids is 1. The molecule has 7 nitrogen and oxygen atoms in total. The highest BCUT2D eigenvalue weighted by Gasteiger charge is 2.35. The van der Waals surface area contributed by atoms with Gasteiger partial charge < -0.3 is 14.8 Å². The van der Waals surface area contributed by atoms with Crippen molar-refractivity contribution in [2.45, 2.75) is 25.8 Å². The minimum absolute atomic E-state index is 0.171. The lowest BCUT2D eigenvalue weighted by Gasteiger charge is -2.23. The summed E-state index contributed by atoms with van der Waals surface area (Å²) < 4.78 is 26.8. The molecule has 164 valence electrons. The average Bonchev–Trinajstić information content (AvgIpc) is 3.63. The number of hydrogen-bond donors (Lipinski definition) is 1. The van der Waals surface area contributed by atoms with Crippen LogP contribution in [0, 0.1) is 18.7 Å². The van der Waals surface area contributed by atoms with Crippen molar-refractivity contribution in [3.63, 3.8) is 0 Å². The molecule has 0 spiro atoms. The van der Waals surface area contributed by atoms with Crippen LogP contribution in [0.1, 0.15) is 40.6 Å². The molecule has 5 rings (SSSR count). The van der Waals surface area contributed by atoms with E-state index in [-0.39, 0.29) is 23.3 Å². The van der Waals surface area contributed by atoms with Crippen LogP contribution in [0.2, 0.25) is 0 Å². The van der Waals surface area contributed by atoms with Gasteiger partial charge in [0.05, 0.1) is 6.04 Å². The van der Waals surface area contributed by atoms with E-state index in [9.17, 15) is 14.0 Å². The molecular formula is C24H22FN3O4. The Kier molecular flexibility index (Phi) is 5.13. The molecular weight excluding hydrogens is 413 g/mol. The number of nitrogens with one attached hydrogen (secondary N) is 1. The van der Waals surface area contributed by atoms with Gasteiger partial charge in [-0.1, -0.05) is 18.2 Å². The van der Waals surface area contributed by atoms with Crippen molar-refractivity contribution in [1.29, 1.82) is 0 Å². The predicted molar refractivity (Wildman–Crippen MR) is 115 cm³/mol. The van der Waals surface area contributed by atoms with Gasteiger partial charge in [0.15, 0.2) is 17.2 Å². The Balaban J connectivity index is 1.47. The summed E-state index contributed by atoms with van der Waals surface area (Å²) in [5, 5.41) is 7.17. The predicted octanol–water partition coefficient (Wildman–Crippen LogP) is 3.33. The summed E-state index contributed by atoms with van der Waals surface area (Å²) in [5.41, 5.74) is 0.699. The number of benzene rings is 2. The highest BCUT2D eigenvalue weighted by molar-refractivity contribution is 5.92. The molecule has 1 atom stereocenters. The van der Waals surface area contributed by atoms with E-state index in [4.69, 9.17) is 9.47 Å². The maximum atomic E-state index is 14.3. The van der Waals surface area contributed by atoms with Crippen LogP contribution in [0.25, 0.3) is 5.69 Å². The summed E-state index contributed by atoms with van der Waals surface area (Å²) >= 11 is 0. The van der Waals surface area contributed by atoms with Crippen LogP contribution in [-0.4, -0.2) is 28.9 Å². The number of halogens is 1.